The van der Waals surface area contributed by atoms with Crippen LogP contribution in [0.1, 0.15) is 46.1 Å². The molecule has 1 saturated heterocycles. The van der Waals surface area contributed by atoms with Gasteiger partial charge in [-0.05, 0) is 30.7 Å². The van der Waals surface area contributed by atoms with E-state index in [9.17, 15) is 10.1 Å². The molecule has 27 heavy (non-hydrogen) atoms. The van der Waals surface area contributed by atoms with Crippen LogP contribution < -0.4 is 10.6 Å². The fourth-order valence-electron chi connectivity index (χ4n) is 3.52. The number of ether oxygens (including phenoxy) is 1. The van der Waals surface area contributed by atoms with Gasteiger partial charge in [-0.2, -0.15) is 0 Å². The number of nitro benzene ring substituents is 1. The third kappa shape index (κ3) is 6.50. The molecule has 1 aliphatic rings. The predicted octanol–water partition coefficient (Wildman–Crippen LogP) is 3.49. The van der Waals surface area contributed by atoms with Crippen LogP contribution in [0.2, 0.25) is 0 Å². The van der Waals surface area contributed by atoms with E-state index in [0.717, 1.165) is 44.1 Å². The van der Waals surface area contributed by atoms with Gasteiger partial charge in [0.05, 0.1) is 17.6 Å². The van der Waals surface area contributed by atoms with Gasteiger partial charge in [0.25, 0.3) is 5.69 Å². The van der Waals surface area contributed by atoms with Crippen molar-refractivity contribution in [2.75, 3.05) is 19.7 Å². The summed E-state index contributed by atoms with van der Waals surface area (Å²) in [6, 6.07) is 6.60. The van der Waals surface area contributed by atoms with Gasteiger partial charge in [-0.25, -0.2) is 4.99 Å². The summed E-state index contributed by atoms with van der Waals surface area (Å²) in [6.45, 7) is 11.5. The molecule has 7 nitrogen and oxygen atoms in total. The Morgan fingerprint density at radius 1 is 1.37 bits per heavy atom. The molecule has 0 aromatic heterocycles. The standard InChI is InChI=1S/C20H32N4O3/c1-5-21-19(22-13-15-8-6-10-17(12-15)24(25)26)23-14-16-9-7-11-27-18(16)20(2,3)4/h6,8,10,12,16,18H,5,7,9,11,13-14H2,1-4H3,(H2,21,22,23). The predicted molar refractivity (Wildman–Crippen MR) is 108 cm³/mol. The molecule has 2 N–H and O–H groups in total. The van der Waals surface area contributed by atoms with Crippen LogP contribution in [0, 0.1) is 21.4 Å². The molecule has 1 heterocycles. The number of benzene rings is 1. The van der Waals surface area contributed by atoms with E-state index in [1.807, 2.05) is 13.0 Å². The average molecular weight is 377 g/mol. The fraction of sp³-hybridized carbons (Fsp3) is 0.650. The second-order valence-corrected chi connectivity index (χ2v) is 8.06. The van der Waals surface area contributed by atoms with Gasteiger partial charge in [0.1, 0.15) is 0 Å². The van der Waals surface area contributed by atoms with E-state index in [1.54, 1.807) is 12.1 Å². The smallest absolute Gasteiger partial charge is 0.269 e. The Morgan fingerprint density at radius 3 is 2.81 bits per heavy atom. The quantitative estimate of drug-likeness (QED) is 0.343. The van der Waals surface area contributed by atoms with Crippen molar-refractivity contribution in [3.8, 4) is 0 Å². The Hall–Kier alpha value is -2.15. The second kappa shape index (κ2) is 9.69. The summed E-state index contributed by atoms with van der Waals surface area (Å²) in [7, 11) is 0. The lowest BCUT2D eigenvalue weighted by Gasteiger charge is -2.40. The third-order valence-corrected chi connectivity index (χ3v) is 4.72. The van der Waals surface area contributed by atoms with Crippen LogP contribution in [0.25, 0.3) is 0 Å². The number of hydrogen-bond acceptors (Lipinski definition) is 4. The van der Waals surface area contributed by atoms with Gasteiger partial charge in [-0.3, -0.25) is 10.1 Å². The summed E-state index contributed by atoms with van der Waals surface area (Å²) in [6.07, 6.45) is 2.44. The molecule has 1 aliphatic heterocycles. The molecule has 2 unspecified atom stereocenters. The first-order valence-corrected chi connectivity index (χ1v) is 9.68. The molecule has 0 bridgehead atoms. The molecule has 0 amide bonds. The van der Waals surface area contributed by atoms with Crippen molar-refractivity contribution < 1.29 is 9.66 Å². The maximum atomic E-state index is 10.9. The number of rotatable bonds is 6. The number of nitro groups is 1. The van der Waals surface area contributed by atoms with Crippen LogP contribution >= 0.6 is 0 Å². The molecular weight excluding hydrogens is 344 g/mol. The van der Waals surface area contributed by atoms with E-state index >= 15 is 0 Å². The van der Waals surface area contributed by atoms with Crippen LogP contribution in [0.15, 0.2) is 29.3 Å². The number of nitrogens with zero attached hydrogens (tertiary/aromatic N) is 2. The zero-order chi connectivity index (χ0) is 19.9. The molecular formula is C20H32N4O3. The van der Waals surface area contributed by atoms with E-state index in [2.05, 4.69) is 36.4 Å². The van der Waals surface area contributed by atoms with Crippen molar-refractivity contribution in [2.45, 2.75) is 53.2 Å². The number of nitrogens with one attached hydrogen (secondary N) is 2. The summed E-state index contributed by atoms with van der Waals surface area (Å²) in [5.41, 5.74) is 1.01. The largest absolute Gasteiger partial charge is 0.377 e. The SMILES string of the molecule is CCNC(=NCc1cccc([N+](=O)[O-])c1)NCC1CCCOC1C(C)(C)C. The molecule has 0 spiro atoms. The van der Waals surface area contributed by atoms with Crippen LogP contribution in [0.5, 0.6) is 0 Å². The molecule has 0 radical (unpaired) electrons. The van der Waals surface area contributed by atoms with Gasteiger partial charge in [0.2, 0.25) is 0 Å². The van der Waals surface area contributed by atoms with E-state index in [1.165, 1.54) is 6.07 Å². The molecule has 7 heteroatoms. The highest BCUT2D eigenvalue weighted by Gasteiger charge is 2.35. The van der Waals surface area contributed by atoms with Crippen molar-refractivity contribution in [1.82, 2.24) is 10.6 Å². The van der Waals surface area contributed by atoms with Crippen LogP contribution in [-0.4, -0.2) is 36.7 Å². The molecule has 2 atom stereocenters. The number of hydrogen-bond donors (Lipinski definition) is 2. The highest BCUT2D eigenvalue weighted by Crippen LogP contribution is 2.33. The van der Waals surface area contributed by atoms with E-state index in [-0.39, 0.29) is 22.1 Å². The summed E-state index contributed by atoms with van der Waals surface area (Å²) in [5.74, 6) is 1.16. The minimum absolute atomic E-state index is 0.0908. The monoisotopic (exact) mass is 376 g/mol. The normalized spacial score (nSPS) is 21.0. The van der Waals surface area contributed by atoms with Gasteiger partial charge in [0.15, 0.2) is 5.96 Å². The van der Waals surface area contributed by atoms with Crippen molar-refractivity contribution in [1.29, 1.82) is 0 Å². The zero-order valence-electron chi connectivity index (χ0n) is 16.8. The minimum atomic E-state index is -0.383. The van der Waals surface area contributed by atoms with E-state index < -0.39 is 0 Å². The highest BCUT2D eigenvalue weighted by molar-refractivity contribution is 5.79. The summed E-state index contributed by atoms with van der Waals surface area (Å²) >= 11 is 0. The molecule has 2 rings (SSSR count). The highest BCUT2D eigenvalue weighted by atomic mass is 16.6. The first kappa shape index (κ1) is 21.2. The summed E-state index contributed by atoms with van der Waals surface area (Å²) < 4.78 is 6.05. The van der Waals surface area contributed by atoms with Crippen LogP contribution in [0.3, 0.4) is 0 Å². The van der Waals surface area contributed by atoms with Crippen molar-refractivity contribution in [3.05, 3.63) is 39.9 Å². The van der Waals surface area contributed by atoms with Crippen molar-refractivity contribution in [3.63, 3.8) is 0 Å². The molecule has 1 aromatic carbocycles. The van der Waals surface area contributed by atoms with Crippen molar-refractivity contribution in [2.24, 2.45) is 16.3 Å². The van der Waals surface area contributed by atoms with Gasteiger partial charge in [-0.1, -0.05) is 32.9 Å². The summed E-state index contributed by atoms with van der Waals surface area (Å²) in [4.78, 5) is 15.1. The Bertz CT molecular complexity index is 655. The lowest BCUT2D eigenvalue weighted by molar-refractivity contribution is -0.384. The van der Waals surface area contributed by atoms with Gasteiger partial charge in [-0.15, -0.1) is 0 Å². The maximum Gasteiger partial charge on any atom is 0.269 e. The lowest BCUT2D eigenvalue weighted by Crippen LogP contribution is -2.47. The average Bonchev–Trinajstić information content (AvgIpc) is 2.63. The van der Waals surface area contributed by atoms with Crippen LogP contribution in [-0.2, 0) is 11.3 Å². The molecule has 150 valence electrons. The third-order valence-electron chi connectivity index (χ3n) is 4.72. The molecule has 0 aliphatic carbocycles. The minimum Gasteiger partial charge on any atom is -0.377 e. The van der Waals surface area contributed by atoms with Crippen LogP contribution in [0.4, 0.5) is 5.69 Å². The van der Waals surface area contributed by atoms with E-state index in [0.29, 0.717) is 12.5 Å². The van der Waals surface area contributed by atoms with Gasteiger partial charge < -0.3 is 15.4 Å². The molecule has 0 saturated carbocycles. The van der Waals surface area contributed by atoms with Gasteiger partial charge >= 0.3 is 0 Å². The summed E-state index contributed by atoms with van der Waals surface area (Å²) in [5, 5.41) is 17.6. The number of non-ortho nitro benzene ring substituents is 1. The lowest BCUT2D eigenvalue weighted by atomic mass is 9.78. The van der Waals surface area contributed by atoms with Gasteiger partial charge in [0, 0.05) is 37.7 Å². The number of aliphatic imine (C=N–C) groups is 1. The maximum absolute atomic E-state index is 10.9. The Kier molecular flexibility index (Phi) is 7.59. The second-order valence-electron chi connectivity index (χ2n) is 8.06. The topological polar surface area (TPSA) is 88.8 Å². The molecule has 1 fully saturated rings. The van der Waals surface area contributed by atoms with E-state index in [4.69, 9.17) is 4.74 Å². The van der Waals surface area contributed by atoms with Crippen molar-refractivity contribution >= 4 is 11.6 Å². The fourth-order valence-corrected chi connectivity index (χ4v) is 3.52. The first-order chi connectivity index (χ1) is 12.8. The Balaban J connectivity index is 2.00. The number of guanidine groups is 1. The Labute approximate surface area is 161 Å². The Morgan fingerprint density at radius 2 is 2.15 bits per heavy atom. The zero-order valence-corrected chi connectivity index (χ0v) is 16.8. The first-order valence-electron chi connectivity index (χ1n) is 9.68. The molecule has 1 aromatic rings.